The van der Waals surface area contributed by atoms with Gasteiger partial charge in [0.25, 0.3) is 0 Å². The molecular formula is C32H28INO3S2. The Labute approximate surface area is 254 Å². The van der Waals surface area contributed by atoms with Crippen LogP contribution in [-0.2, 0) is 21.7 Å². The molecule has 0 saturated carbocycles. The number of ketones is 1. The SMILES string of the molecule is CCOC(=O)Cc1c(C(=O)c2ccccc2)sc(SCc2cccc3ccccc23)c1-[n+]1ccc(C)cc1.[I-]. The molecule has 3 aromatic carbocycles. The number of benzene rings is 3. The molecule has 0 amide bonds. The quantitative estimate of drug-likeness (QED) is 0.0783. The number of hydrogen-bond acceptors (Lipinski definition) is 5. The van der Waals surface area contributed by atoms with Gasteiger partial charge in [0.05, 0.1) is 23.5 Å². The molecule has 0 unspecified atom stereocenters. The first-order valence-electron chi connectivity index (χ1n) is 12.5. The van der Waals surface area contributed by atoms with Crippen LogP contribution in [0.5, 0.6) is 0 Å². The fourth-order valence-electron chi connectivity index (χ4n) is 4.43. The number of carbonyl (C=O) groups excluding carboxylic acids is 2. The number of rotatable bonds is 9. The van der Waals surface area contributed by atoms with Gasteiger partial charge in [-0.15, -0.1) is 23.1 Å². The summed E-state index contributed by atoms with van der Waals surface area (Å²) in [4.78, 5) is 27.1. The molecule has 198 valence electrons. The summed E-state index contributed by atoms with van der Waals surface area (Å²) < 4.78 is 8.33. The molecule has 5 rings (SSSR count). The van der Waals surface area contributed by atoms with E-state index in [4.69, 9.17) is 4.74 Å². The van der Waals surface area contributed by atoms with Crippen molar-refractivity contribution in [1.29, 1.82) is 0 Å². The monoisotopic (exact) mass is 665 g/mol. The zero-order valence-electron chi connectivity index (χ0n) is 21.7. The van der Waals surface area contributed by atoms with Crippen LogP contribution in [0, 0.1) is 6.92 Å². The second-order valence-corrected chi connectivity index (χ2v) is 11.2. The van der Waals surface area contributed by atoms with E-state index in [0.29, 0.717) is 22.6 Å². The van der Waals surface area contributed by atoms with Crippen molar-refractivity contribution in [2.45, 2.75) is 30.2 Å². The van der Waals surface area contributed by atoms with Gasteiger partial charge in [-0.3, -0.25) is 9.59 Å². The Hall–Kier alpha value is -3.01. The molecule has 0 N–H and O–H groups in total. The number of hydrogen-bond donors (Lipinski definition) is 0. The van der Waals surface area contributed by atoms with Crippen LogP contribution in [0.3, 0.4) is 0 Å². The van der Waals surface area contributed by atoms with E-state index < -0.39 is 0 Å². The molecular weight excluding hydrogens is 637 g/mol. The molecule has 39 heavy (non-hydrogen) atoms. The maximum atomic E-state index is 13.7. The van der Waals surface area contributed by atoms with E-state index in [2.05, 4.69) is 36.4 Å². The van der Waals surface area contributed by atoms with Gasteiger partial charge >= 0.3 is 5.97 Å². The predicted octanol–water partition coefficient (Wildman–Crippen LogP) is 4.12. The first-order chi connectivity index (χ1) is 18.5. The third kappa shape index (κ3) is 6.59. The lowest BCUT2D eigenvalue weighted by atomic mass is 10.0. The Kier molecular flexibility index (Phi) is 9.94. The maximum absolute atomic E-state index is 13.7. The van der Waals surface area contributed by atoms with Crippen LogP contribution in [-0.4, -0.2) is 18.4 Å². The Morgan fingerprint density at radius 2 is 1.59 bits per heavy atom. The largest absolute Gasteiger partial charge is 1.00 e. The second kappa shape index (κ2) is 13.4. The summed E-state index contributed by atoms with van der Waals surface area (Å²) in [5, 5.41) is 2.42. The number of aryl methyl sites for hydroxylation is 1. The van der Waals surface area contributed by atoms with Gasteiger partial charge in [-0.1, -0.05) is 72.8 Å². The van der Waals surface area contributed by atoms with Crippen LogP contribution in [0.15, 0.2) is 102 Å². The lowest BCUT2D eigenvalue weighted by Gasteiger charge is -2.07. The van der Waals surface area contributed by atoms with Crippen LogP contribution in [0.1, 0.15) is 38.8 Å². The number of aromatic nitrogens is 1. The van der Waals surface area contributed by atoms with Crippen molar-refractivity contribution in [2.75, 3.05) is 6.61 Å². The van der Waals surface area contributed by atoms with Crippen molar-refractivity contribution in [3.63, 3.8) is 0 Å². The van der Waals surface area contributed by atoms with Crippen molar-refractivity contribution in [3.05, 3.63) is 124 Å². The molecule has 2 aromatic heterocycles. The van der Waals surface area contributed by atoms with Crippen molar-refractivity contribution in [2.24, 2.45) is 0 Å². The maximum Gasteiger partial charge on any atom is 0.310 e. The minimum Gasteiger partial charge on any atom is -1.00 e. The van der Waals surface area contributed by atoms with E-state index in [9.17, 15) is 9.59 Å². The van der Waals surface area contributed by atoms with E-state index in [1.807, 2.05) is 72.4 Å². The molecule has 2 heterocycles. The number of thiophene rings is 1. The summed E-state index contributed by atoms with van der Waals surface area (Å²) in [6, 6.07) is 28.0. The number of halogens is 1. The highest BCUT2D eigenvalue weighted by molar-refractivity contribution is 8.00. The van der Waals surface area contributed by atoms with E-state index in [1.165, 1.54) is 27.7 Å². The Balaban J connectivity index is 0.00000353. The summed E-state index contributed by atoms with van der Waals surface area (Å²) >= 11 is 3.15. The smallest absolute Gasteiger partial charge is 0.310 e. The average Bonchev–Trinajstić information content (AvgIpc) is 3.30. The molecule has 5 aromatic rings. The van der Waals surface area contributed by atoms with E-state index in [1.54, 1.807) is 18.7 Å². The normalized spacial score (nSPS) is 10.7. The van der Waals surface area contributed by atoms with Crippen molar-refractivity contribution >= 4 is 45.6 Å². The number of pyridine rings is 1. The fourth-order valence-corrected chi connectivity index (χ4v) is 7.01. The van der Waals surface area contributed by atoms with E-state index >= 15 is 0 Å². The van der Waals surface area contributed by atoms with Gasteiger partial charge in [0, 0.05) is 23.4 Å². The number of carbonyl (C=O) groups is 2. The summed E-state index contributed by atoms with van der Waals surface area (Å²) in [7, 11) is 0. The standard InChI is InChI=1S/C32H28NO3S2.HI/c1-3-36-28(34)20-27-29(33-18-16-22(2)17-19-33)32(38-31(27)30(35)24-11-5-4-6-12-24)37-21-25-14-9-13-23-10-7-8-15-26(23)25;/h4-19H,3,20-21H2,1-2H3;1H/q+1;/p-1. The molecule has 0 spiro atoms. The van der Waals surface area contributed by atoms with Gasteiger partial charge in [0.1, 0.15) is 4.21 Å². The van der Waals surface area contributed by atoms with Crippen LogP contribution in [0.4, 0.5) is 0 Å². The molecule has 0 radical (unpaired) electrons. The first kappa shape index (κ1) is 29.0. The summed E-state index contributed by atoms with van der Waals surface area (Å²) in [5.74, 6) is 0.312. The van der Waals surface area contributed by atoms with Crippen LogP contribution < -0.4 is 28.5 Å². The van der Waals surface area contributed by atoms with Crippen LogP contribution in [0.2, 0.25) is 0 Å². The van der Waals surface area contributed by atoms with Crippen LogP contribution in [0.25, 0.3) is 16.5 Å². The highest BCUT2D eigenvalue weighted by atomic mass is 127. The molecule has 0 aliphatic carbocycles. The molecule has 7 heteroatoms. The molecule has 0 atom stereocenters. The molecule has 0 aliphatic rings. The van der Waals surface area contributed by atoms with Crippen molar-refractivity contribution in [1.82, 2.24) is 0 Å². The molecule has 4 nitrogen and oxygen atoms in total. The minimum atomic E-state index is -0.341. The molecule has 0 bridgehead atoms. The van der Waals surface area contributed by atoms with Gasteiger partial charge in [-0.05, 0) is 35.7 Å². The zero-order chi connectivity index (χ0) is 26.5. The molecule has 0 fully saturated rings. The van der Waals surface area contributed by atoms with Crippen molar-refractivity contribution in [3.8, 4) is 5.69 Å². The molecule has 0 saturated heterocycles. The van der Waals surface area contributed by atoms with E-state index in [0.717, 1.165) is 21.2 Å². The Bertz CT molecular complexity index is 1590. The van der Waals surface area contributed by atoms with Gasteiger partial charge in [-0.25, -0.2) is 0 Å². The number of esters is 1. The number of ether oxygens (including phenoxy) is 1. The predicted molar refractivity (Wildman–Crippen MR) is 154 cm³/mol. The number of fused-ring (bicyclic) bond motifs is 1. The van der Waals surface area contributed by atoms with Gasteiger partial charge in [0.15, 0.2) is 12.4 Å². The Morgan fingerprint density at radius 3 is 2.33 bits per heavy atom. The lowest BCUT2D eigenvalue weighted by Crippen LogP contribution is -3.00. The zero-order valence-corrected chi connectivity index (χ0v) is 25.5. The minimum absolute atomic E-state index is 0. The summed E-state index contributed by atoms with van der Waals surface area (Å²) in [5.41, 5.74) is 4.53. The third-order valence-electron chi connectivity index (χ3n) is 6.31. The topological polar surface area (TPSA) is 47.3 Å². The summed E-state index contributed by atoms with van der Waals surface area (Å²) in [6.45, 7) is 4.13. The third-order valence-corrected chi connectivity index (χ3v) is 8.84. The molecule has 0 aliphatic heterocycles. The highest BCUT2D eigenvalue weighted by Gasteiger charge is 2.31. The Morgan fingerprint density at radius 1 is 0.897 bits per heavy atom. The van der Waals surface area contributed by atoms with Crippen molar-refractivity contribution < 1.29 is 42.9 Å². The van der Waals surface area contributed by atoms with Crippen LogP contribution >= 0.6 is 23.1 Å². The van der Waals surface area contributed by atoms with E-state index in [-0.39, 0.29) is 42.2 Å². The highest BCUT2D eigenvalue weighted by Crippen LogP contribution is 2.40. The number of nitrogens with zero attached hydrogens (tertiary/aromatic N) is 1. The second-order valence-electron chi connectivity index (χ2n) is 8.93. The lowest BCUT2D eigenvalue weighted by molar-refractivity contribution is -0.598. The summed E-state index contributed by atoms with van der Waals surface area (Å²) in [6.07, 6.45) is 4.01. The van der Waals surface area contributed by atoms with Gasteiger partial charge in [-0.2, -0.15) is 4.57 Å². The average molecular weight is 666 g/mol. The van der Waals surface area contributed by atoms with Gasteiger partial charge < -0.3 is 28.7 Å². The fraction of sp³-hybridized carbons (Fsp3) is 0.156. The number of thioether (sulfide) groups is 1. The first-order valence-corrected chi connectivity index (χ1v) is 14.3. The van der Waals surface area contributed by atoms with Gasteiger partial charge in [0.2, 0.25) is 11.5 Å².